The second-order valence-corrected chi connectivity index (χ2v) is 22.6. The minimum atomic E-state index is -1.24. The monoisotopic (exact) mass is 1060 g/mol. The summed E-state index contributed by atoms with van der Waals surface area (Å²) >= 11 is 0. The number of benzene rings is 2. The van der Waals surface area contributed by atoms with E-state index in [-0.39, 0.29) is 55.6 Å². The third-order valence-electron chi connectivity index (χ3n) is 15.5. The minimum Gasteiger partial charge on any atom is -0.488 e. The smallest absolute Gasteiger partial charge is 0.410 e. The Morgan fingerprint density at radius 1 is 0.883 bits per heavy atom. The third-order valence-corrected chi connectivity index (χ3v) is 15.5. The number of nitrogens with zero attached hydrogens (tertiary/aromatic N) is 7. The van der Waals surface area contributed by atoms with Gasteiger partial charge in [0.05, 0.1) is 30.2 Å². The van der Waals surface area contributed by atoms with Crippen LogP contribution in [0.15, 0.2) is 72.9 Å². The Labute approximate surface area is 452 Å². The Morgan fingerprint density at radius 2 is 1.61 bits per heavy atom. The van der Waals surface area contributed by atoms with E-state index in [1.54, 1.807) is 11.8 Å². The van der Waals surface area contributed by atoms with Crippen LogP contribution in [0.3, 0.4) is 0 Å². The highest BCUT2D eigenvalue weighted by Gasteiger charge is 2.53. The van der Waals surface area contributed by atoms with Gasteiger partial charge in [0.1, 0.15) is 35.5 Å². The minimum absolute atomic E-state index is 0.0423. The Morgan fingerprint density at radius 3 is 2.29 bits per heavy atom. The topological polar surface area (TPSA) is 216 Å². The average molecular weight is 1060 g/mol. The van der Waals surface area contributed by atoms with Gasteiger partial charge in [0, 0.05) is 80.3 Å². The fraction of sp³-hybridized carbons (Fsp3) is 0.569. The van der Waals surface area contributed by atoms with Crippen molar-refractivity contribution in [3.8, 4) is 22.9 Å². The molecule has 2 saturated carbocycles. The van der Waals surface area contributed by atoms with Crippen LogP contribution in [0.1, 0.15) is 110 Å². The standard InChI is InChI=1S/C58H78N10O9/c1-7-73-55(71)58(25-12-26-58)54(70)62-47(14-10-11-28-65(5)6)53(69)61-39-18-16-38(17-19-39)37-74-50-15-9-8-13-46(50)48-34-49(52(59)64-63-48)67-35-41-20-21-42(36-67)68(41)40-22-27-60-51(31-40)76-45-32-44(33-45)75-43-23-29-66(30-24-43)56(72)77-57(2,3)4/h8-9,13,15-19,22,27,31,34,41-45,47H,7,10-12,14,20-21,23-26,28-30,32-33,35-37H2,1-6H3,(H2,59,64)(H,61,69)(H,62,70)/t41?,42?,44-,45-,47-/m0/s1. The average Bonchev–Trinajstić information content (AvgIpc) is 3.68. The maximum Gasteiger partial charge on any atom is 0.410 e. The summed E-state index contributed by atoms with van der Waals surface area (Å²) in [5.41, 5.74) is 9.67. The zero-order valence-corrected chi connectivity index (χ0v) is 45.7. The molecule has 2 aliphatic carbocycles. The lowest BCUT2D eigenvalue weighted by atomic mass is 9.68. The SMILES string of the molecule is CCOC(=O)C1(C(=O)N[C@@H](CCCCN(C)C)C(=O)Nc2ccc(COc3ccccc3-c3cc(N4CC5CCC(C4)N5c4ccnc(O[C@H]5C[C@H](OC6CCN(C(=O)OC(C)(C)C)CC6)C5)c4)c(N)nn3)cc2)CCC1. The quantitative estimate of drug-likeness (QED) is 0.0413. The highest BCUT2D eigenvalue weighted by atomic mass is 16.6. The van der Waals surface area contributed by atoms with Crippen molar-refractivity contribution in [1.82, 2.24) is 30.3 Å². The normalized spacial score (nSPS) is 21.4. The number of nitrogens with one attached hydrogen (secondary N) is 2. The zero-order chi connectivity index (χ0) is 54.3. The number of piperidine rings is 1. The number of nitrogens with two attached hydrogens (primary N) is 1. The van der Waals surface area contributed by atoms with Crippen LogP contribution in [0.2, 0.25) is 0 Å². The van der Waals surface area contributed by atoms with Crippen LogP contribution in [-0.2, 0) is 35.2 Å². The summed E-state index contributed by atoms with van der Waals surface area (Å²) in [7, 11) is 4.00. The van der Waals surface area contributed by atoms with Gasteiger partial charge in [0.25, 0.3) is 0 Å². The molecular formula is C58H78N10O9. The van der Waals surface area contributed by atoms with E-state index >= 15 is 0 Å². The van der Waals surface area contributed by atoms with Crippen molar-refractivity contribution in [1.29, 1.82) is 0 Å². The van der Waals surface area contributed by atoms with Crippen molar-refractivity contribution in [3.63, 3.8) is 0 Å². The molecule has 77 heavy (non-hydrogen) atoms. The van der Waals surface area contributed by atoms with Crippen molar-refractivity contribution in [3.05, 3.63) is 78.5 Å². The second-order valence-electron chi connectivity index (χ2n) is 22.6. The molecule has 4 aromatic rings. The van der Waals surface area contributed by atoms with Crippen molar-refractivity contribution in [2.45, 2.75) is 153 Å². The summed E-state index contributed by atoms with van der Waals surface area (Å²) in [6.45, 7) is 11.5. The predicted octanol–water partition coefficient (Wildman–Crippen LogP) is 7.77. The van der Waals surface area contributed by atoms with Gasteiger partial charge in [-0.05, 0) is 148 Å². The van der Waals surface area contributed by atoms with Crippen molar-refractivity contribution in [2.75, 3.05) is 74.3 Å². The van der Waals surface area contributed by atoms with Crippen LogP contribution < -0.4 is 35.6 Å². The largest absolute Gasteiger partial charge is 0.488 e. The summed E-state index contributed by atoms with van der Waals surface area (Å²) in [5.74, 6) is 0.315. The molecule has 5 fully saturated rings. The maximum absolute atomic E-state index is 13.7. The van der Waals surface area contributed by atoms with E-state index in [9.17, 15) is 19.2 Å². The molecule has 3 amide bonds. The molecule has 2 unspecified atom stereocenters. The van der Waals surface area contributed by atoms with Gasteiger partial charge in [-0.15, -0.1) is 10.2 Å². The second kappa shape index (κ2) is 24.3. The van der Waals surface area contributed by atoms with E-state index in [4.69, 9.17) is 29.4 Å². The van der Waals surface area contributed by atoms with Gasteiger partial charge in [-0.2, -0.15) is 0 Å². The number of fused-ring (bicyclic) bond motifs is 2. The number of unbranched alkanes of at least 4 members (excludes halogenated alkanes) is 1. The number of anilines is 4. The Hall–Kier alpha value is -6.73. The van der Waals surface area contributed by atoms with Gasteiger partial charge in [-0.25, -0.2) is 9.78 Å². The summed E-state index contributed by atoms with van der Waals surface area (Å²) in [4.78, 5) is 66.0. The number of carbonyl (C=O) groups is 4. The Balaban J connectivity index is 0.770. The van der Waals surface area contributed by atoms with E-state index in [0.29, 0.717) is 61.2 Å². The summed E-state index contributed by atoms with van der Waals surface area (Å²) < 4.78 is 30.1. The molecule has 5 heterocycles. The molecule has 4 N–H and O–H groups in total. The van der Waals surface area contributed by atoms with Gasteiger partial charge in [-0.3, -0.25) is 14.4 Å². The molecule has 9 rings (SSSR count). The summed E-state index contributed by atoms with van der Waals surface area (Å²) in [6, 6.07) is 21.0. The first-order chi connectivity index (χ1) is 37.0. The highest BCUT2D eigenvalue weighted by Crippen LogP contribution is 2.43. The fourth-order valence-electron chi connectivity index (χ4n) is 11.1. The highest BCUT2D eigenvalue weighted by molar-refractivity contribution is 6.06. The number of hydrogen-bond donors (Lipinski definition) is 3. The molecule has 3 atom stereocenters. The van der Waals surface area contributed by atoms with E-state index in [0.717, 1.165) is 99.9 Å². The molecule has 2 bridgehead atoms. The molecule has 414 valence electrons. The summed E-state index contributed by atoms with van der Waals surface area (Å²) in [6.07, 6.45) is 10.8. The lowest BCUT2D eigenvalue weighted by Gasteiger charge is -2.43. The molecule has 0 radical (unpaired) electrons. The van der Waals surface area contributed by atoms with Crippen LogP contribution >= 0.6 is 0 Å². The zero-order valence-electron chi connectivity index (χ0n) is 45.7. The molecule has 5 aliphatic rings. The molecule has 19 heteroatoms. The first kappa shape index (κ1) is 55.0. The molecule has 2 aromatic heterocycles. The number of rotatable bonds is 21. The van der Waals surface area contributed by atoms with E-state index in [1.165, 1.54) is 0 Å². The molecule has 0 spiro atoms. The van der Waals surface area contributed by atoms with E-state index in [2.05, 4.69) is 52.6 Å². The lowest BCUT2D eigenvalue weighted by Crippen LogP contribution is -2.56. The lowest BCUT2D eigenvalue weighted by molar-refractivity contribution is -0.167. The summed E-state index contributed by atoms with van der Waals surface area (Å²) in [5, 5.41) is 14.9. The van der Waals surface area contributed by atoms with Crippen LogP contribution in [0.5, 0.6) is 11.6 Å². The van der Waals surface area contributed by atoms with Crippen LogP contribution in [0.4, 0.5) is 27.7 Å². The number of carbonyl (C=O) groups excluding carboxylic acids is 4. The first-order valence-electron chi connectivity index (χ1n) is 27.7. The number of aromatic nitrogens is 3. The number of esters is 1. The number of piperazine rings is 1. The van der Waals surface area contributed by atoms with Crippen LogP contribution in [0.25, 0.3) is 11.3 Å². The van der Waals surface area contributed by atoms with Gasteiger partial charge < -0.3 is 59.7 Å². The number of ether oxygens (including phenoxy) is 5. The Bertz CT molecular complexity index is 2670. The van der Waals surface area contributed by atoms with Crippen molar-refractivity contribution in [2.24, 2.45) is 5.41 Å². The van der Waals surface area contributed by atoms with E-state index in [1.807, 2.05) is 95.7 Å². The number of amides is 3. The molecule has 2 aromatic carbocycles. The first-order valence-corrected chi connectivity index (χ1v) is 27.7. The van der Waals surface area contributed by atoms with Crippen molar-refractivity contribution >= 4 is 46.8 Å². The fourth-order valence-corrected chi connectivity index (χ4v) is 11.1. The van der Waals surface area contributed by atoms with Crippen LogP contribution in [0, 0.1) is 5.41 Å². The molecular weight excluding hydrogens is 981 g/mol. The Kier molecular flexibility index (Phi) is 17.4. The van der Waals surface area contributed by atoms with Gasteiger partial charge in [-0.1, -0.05) is 30.7 Å². The molecule has 3 aliphatic heterocycles. The molecule has 3 saturated heterocycles. The van der Waals surface area contributed by atoms with E-state index < -0.39 is 28.9 Å². The van der Waals surface area contributed by atoms with Gasteiger partial charge >= 0.3 is 12.1 Å². The maximum atomic E-state index is 13.7. The molecule has 19 nitrogen and oxygen atoms in total. The van der Waals surface area contributed by atoms with Crippen LogP contribution in [-0.4, -0.2) is 144 Å². The number of pyridine rings is 1. The van der Waals surface area contributed by atoms with Crippen molar-refractivity contribution < 1.29 is 42.9 Å². The van der Waals surface area contributed by atoms with Gasteiger partial charge in [0.2, 0.25) is 17.7 Å². The predicted molar refractivity (Wildman–Crippen MR) is 294 cm³/mol. The van der Waals surface area contributed by atoms with Gasteiger partial charge in [0.15, 0.2) is 5.82 Å². The number of likely N-dealkylation sites (tertiary alicyclic amines) is 1. The number of hydrogen-bond acceptors (Lipinski definition) is 16. The third kappa shape index (κ3) is 13.5. The number of para-hydroxylation sites is 1. The number of nitrogen functional groups attached to an aromatic ring is 1.